The second-order valence-electron chi connectivity index (χ2n) is 7.43. The van der Waals surface area contributed by atoms with E-state index >= 15 is 0 Å². The quantitative estimate of drug-likeness (QED) is 0.368. The molecule has 0 aliphatic carbocycles. The van der Waals surface area contributed by atoms with Gasteiger partial charge in [-0.3, -0.25) is 4.21 Å². The van der Waals surface area contributed by atoms with E-state index in [9.17, 15) is 21.9 Å². The minimum atomic E-state index is -4.56. The van der Waals surface area contributed by atoms with Gasteiger partial charge in [0.1, 0.15) is 5.82 Å². The van der Waals surface area contributed by atoms with Crippen LogP contribution >= 0.6 is 0 Å². The van der Waals surface area contributed by atoms with Gasteiger partial charge >= 0.3 is 6.18 Å². The first-order valence-electron chi connectivity index (χ1n) is 9.89. The number of rotatable bonds is 6. The second-order valence-corrected chi connectivity index (χ2v) is 8.37. The summed E-state index contributed by atoms with van der Waals surface area (Å²) in [6.45, 7) is 3.48. The van der Waals surface area contributed by atoms with Gasteiger partial charge in [0.05, 0.1) is 17.6 Å². The van der Waals surface area contributed by atoms with Crippen LogP contribution in [0.25, 0.3) is 5.69 Å². The molecule has 34 heavy (non-hydrogen) atoms. The van der Waals surface area contributed by atoms with Gasteiger partial charge in [-0.1, -0.05) is 6.07 Å². The molecule has 2 aromatic heterocycles. The first-order chi connectivity index (χ1) is 16.1. The van der Waals surface area contributed by atoms with Crippen LogP contribution in [-0.2, 0) is 17.3 Å². The van der Waals surface area contributed by atoms with E-state index in [-0.39, 0.29) is 22.2 Å². The van der Waals surface area contributed by atoms with Crippen molar-refractivity contribution in [2.24, 2.45) is 0 Å². The molecule has 0 saturated heterocycles. The molecule has 2 N–H and O–H groups in total. The van der Waals surface area contributed by atoms with Gasteiger partial charge in [0.15, 0.2) is 0 Å². The molecule has 0 fully saturated rings. The summed E-state index contributed by atoms with van der Waals surface area (Å²) in [7, 11) is 0. The minimum absolute atomic E-state index is 0.0590. The third-order valence-corrected chi connectivity index (χ3v) is 5.41. The molecule has 0 saturated carbocycles. The third-order valence-electron chi connectivity index (χ3n) is 4.77. The molecule has 1 unspecified atom stereocenters. The predicted octanol–water partition coefficient (Wildman–Crippen LogP) is 5.02. The Labute approximate surface area is 195 Å². The summed E-state index contributed by atoms with van der Waals surface area (Å²) in [5, 5.41) is 5.83. The van der Waals surface area contributed by atoms with Crippen molar-refractivity contribution in [2.75, 3.05) is 10.6 Å². The molecular weight excluding hydrogens is 469 g/mol. The number of aromatic nitrogens is 4. The summed E-state index contributed by atoms with van der Waals surface area (Å²) >= 11 is -2.39. The average molecular weight is 487 g/mol. The van der Waals surface area contributed by atoms with Crippen molar-refractivity contribution in [3.05, 3.63) is 78.0 Å². The fourth-order valence-electron chi connectivity index (χ4n) is 3.13. The molecule has 4 aromatic rings. The van der Waals surface area contributed by atoms with Crippen molar-refractivity contribution in [3.8, 4) is 5.69 Å². The summed E-state index contributed by atoms with van der Waals surface area (Å²) in [5.41, 5.74) is 1.35. The van der Waals surface area contributed by atoms with Crippen LogP contribution in [-0.4, -0.2) is 28.3 Å². The zero-order valence-corrected chi connectivity index (χ0v) is 18.7. The summed E-state index contributed by atoms with van der Waals surface area (Å²) in [5.74, 6) is 0.424. The van der Waals surface area contributed by atoms with Crippen molar-refractivity contribution in [1.29, 1.82) is 0 Å². The number of halogens is 3. The van der Waals surface area contributed by atoms with E-state index in [0.717, 1.165) is 12.1 Å². The molecule has 0 bridgehead atoms. The molecule has 0 aliphatic rings. The highest BCUT2D eigenvalue weighted by atomic mass is 32.2. The SMILES string of the molecule is Cc1cn(-c2cc(Nc3ncc(C)c(Nc4cccc(S(=O)[O-])c4)n3)cc(C(F)(F)F)c2)cn1. The van der Waals surface area contributed by atoms with E-state index in [1.54, 1.807) is 32.2 Å². The standard InChI is InChI=1S/C22H19F3N6O2S/c1-13-10-26-21(30-20(13)28-16-4-3-5-19(9-16)34(32)33)29-17-6-15(22(23,24)25)7-18(8-17)31-11-14(2)27-12-31/h3-12H,1-2H3,(H,32,33)(H2,26,28,29,30)/p-1. The lowest BCUT2D eigenvalue weighted by molar-refractivity contribution is -0.137. The molecule has 8 nitrogen and oxygen atoms in total. The largest absolute Gasteiger partial charge is 0.768 e. The van der Waals surface area contributed by atoms with Crippen LogP contribution in [0.2, 0.25) is 0 Å². The van der Waals surface area contributed by atoms with Gasteiger partial charge in [-0.05, 0) is 61.3 Å². The van der Waals surface area contributed by atoms with E-state index < -0.39 is 22.8 Å². The van der Waals surface area contributed by atoms with Crippen LogP contribution in [0.15, 0.2) is 66.1 Å². The number of hydrogen-bond donors (Lipinski definition) is 2. The molecule has 0 spiro atoms. The van der Waals surface area contributed by atoms with Gasteiger partial charge in [0, 0.05) is 39.9 Å². The van der Waals surface area contributed by atoms with Gasteiger partial charge in [0.2, 0.25) is 5.95 Å². The smallest absolute Gasteiger partial charge is 0.416 e. The number of hydrogen-bond acceptors (Lipinski definition) is 7. The topological polar surface area (TPSA) is 108 Å². The second kappa shape index (κ2) is 9.23. The molecule has 176 valence electrons. The Morgan fingerprint density at radius 1 is 1.03 bits per heavy atom. The fourth-order valence-corrected chi connectivity index (χ4v) is 3.54. The molecule has 2 aromatic carbocycles. The molecule has 12 heteroatoms. The number of aryl methyl sites for hydroxylation is 2. The lowest BCUT2D eigenvalue weighted by atomic mass is 10.1. The van der Waals surface area contributed by atoms with E-state index in [0.29, 0.717) is 22.8 Å². The van der Waals surface area contributed by atoms with Gasteiger partial charge in [-0.25, -0.2) is 9.97 Å². The number of alkyl halides is 3. The number of nitrogens with one attached hydrogen (secondary N) is 2. The van der Waals surface area contributed by atoms with Crippen molar-refractivity contribution in [3.63, 3.8) is 0 Å². The van der Waals surface area contributed by atoms with Crippen LogP contribution < -0.4 is 10.6 Å². The molecule has 0 radical (unpaired) electrons. The van der Waals surface area contributed by atoms with Crippen LogP contribution in [0.3, 0.4) is 0 Å². The van der Waals surface area contributed by atoms with Crippen LogP contribution in [0.4, 0.5) is 36.3 Å². The molecular formula is C22H18F3N6O2S-. The lowest BCUT2D eigenvalue weighted by Crippen LogP contribution is -2.08. The van der Waals surface area contributed by atoms with Gasteiger partial charge in [0.25, 0.3) is 0 Å². The molecule has 0 amide bonds. The number of benzene rings is 2. The number of nitrogens with zero attached hydrogens (tertiary/aromatic N) is 4. The van der Waals surface area contributed by atoms with Crippen LogP contribution in [0, 0.1) is 13.8 Å². The summed E-state index contributed by atoms with van der Waals surface area (Å²) < 4.78 is 64.5. The van der Waals surface area contributed by atoms with Gasteiger partial charge in [-0.2, -0.15) is 18.2 Å². The summed E-state index contributed by atoms with van der Waals surface area (Å²) in [4.78, 5) is 12.7. The zero-order valence-electron chi connectivity index (χ0n) is 17.9. The van der Waals surface area contributed by atoms with Crippen molar-refractivity contribution in [2.45, 2.75) is 24.9 Å². The first-order valence-corrected chi connectivity index (χ1v) is 11.0. The normalized spacial score (nSPS) is 12.4. The summed E-state index contributed by atoms with van der Waals surface area (Å²) in [6.07, 6.45) is -0.00857. The Morgan fingerprint density at radius 3 is 2.50 bits per heavy atom. The third kappa shape index (κ3) is 5.41. The maximum atomic E-state index is 13.5. The van der Waals surface area contributed by atoms with Gasteiger partial charge < -0.3 is 19.8 Å². The van der Waals surface area contributed by atoms with Gasteiger partial charge in [-0.15, -0.1) is 0 Å². The highest BCUT2D eigenvalue weighted by Crippen LogP contribution is 2.34. The van der Waals surface area contributed by atoms with Crippen LogP contribution in [0.1, 0.15) is 16.8 Å². The molecule has 4 rings (SSSR count). The number of anilines is 4. The summed E-state index contributed by atoms with van der Waals surface area (Å²) in [6, 6.07) is 9.64. The molecule has 0 aliphatic heterocycles. The Kier molecular flexibility index (Phi) is 6.35. The van der Waals surface area contributed by atoms with Crippen LogP contribution in [0.5, 0.6) is 0 Å². The maximum Gasteiger partial charge on any atom is 0.416 e. The van der Waals surface area contributed by atoms with Crippen molar-refractivity contribution < 1.29 is 21.9 Å². The first kappa shape index (κ1) is 23.4. The van der Waals surface area contributed by atoms with Crippen molar-refractivity contribution in [1.82, 2.24) is 19.5 Å². The predicted molar refractivity (Wildman–Crippen MR) is 120 cm³/mol. The highest BCUT2D eigenvalue weighted by Gasteiger charge is 2.31. The zero-order chi connectivity index (χ0) is 24.5. The van der Waals surface area contributed by atoms with Crippen molar-refractivity contribution >= 4 is 34.2 Å². The fraction of sp³-hybridized carbons (Fsp3) is 0.136. The minimum Gasteiger partial charge on any atom is -0.768 e. The van der Waals surface area contributed by atoms with E-state index in [4.69, 9.17) is 0 Å². The lowest BCUT2D eigenvalue weighted by Gasteiger charge is -2.15. The number of imidazole rings is 1. The Balaban J connectivity index is 1.66. The Hall–Kier alpha value is -3.77. The van der Waals surface area contributed by atoms with E-state index in [1.807, 2.05) is 0 Å². The molecule has 1 atom stereocenters. The van der Waals surface area contributed by atoms with E-state index in [2.05, 4.69) is 25.6 Å². The highest BCUT2D eigenvalue weighted by molar-refractivity contribution is 7.79. The maximum absolute atomic E-state index is 13.5. The Bertz CT molecular complexity index is 1370. The average Bonchev–Trinajstić information content (AvgIpc) is 3.22. The monoisotopic (exact) mass is 487 g/mol. The van der Waals surface area contributed by atoms with E-state index in [1.165, 1.54) is 35.3 Å². The Morgan fingerprint density at radius 2 is 1.82 bits per heavy atom. The molecule has 2 heterocycles.